The van der Waals surface area contributed by atoms with Crippen LogP contribution in [0.2, 0.25) is 0 Å². The van der Waals surface area contributed by atoms with Crippen molar-refractivity contribution in [1.82, 2.24) is 4.98 Å². The summed E-state index contributed by atoms with van der Waals surface area (Å²) in [6.07, 6.45) is 0. The highest BCUT2D eigenvalue weighted by molar-refractivity contribution is 6.08. The highest BCUT2D eigenvalue weighted by atomic mass is 16.3. The van der Waals surface area contributed by atoms with Gasteiger partial charge in [0.25, 0.3) is 0 Å². The van der Waals surface area contributed by atoms with E-state index in [0.717, 1.165) is 16.8 Å². The minimum absolute atomic E-state index is 0.0643. The van der Waals surface area contributed by atoms with Crippen LogP contribution in [-0.4, -0.2) is 10.1 Å². The van der Waals surface area contributed by atoms with Gasteiger partial charge in [-0.25, -0.2) is 0 Å². The number of nitrogens with one attached hydrogen (secondary N) is 1. The Kier molecular flexibility index (Phi) is 1.98. The van der Waals surface area contributed by atoms with Crippen molar-refractivity contribution in [1.29, 1.82) is 0 Å². The molecule has 0 unspecified atom stereocenters. The summed E-state index contributed by atoms with van der Waals surface area (Å²) in [7, 11) is 0. The van der Waals surface area contributed by atoms with E-state index >= 15 is 0 Å². The molecule has 0 amide bonds. The molecule has 0 fully saturated rings. The molecular formula is C14H13NO. The molecular weight excluding hydrogens is 198 g/mol. The average molecular weight is 211 g/mol. The molecule has 2 nitrogen and oxygen atoms in total. The van der Waals surface area contributed by atoms with E-state index in [4.69, 9.17) is 0 Å². The molecule has 80 valence electrons. The molecule has 3 rings (SSSR count). The van der Waals surface area contributed by atoms with Gasteiger partial charge in [0.05, 0.1) is 6.61 Å². The van der Waals surface area contributed by atoms with Gasteiger partial charge in [-0.1, -0.05) is 30.3 Å². The van der Waals surface area contributed by atoms with E-state index in [9.17, 15) is 5.11 Å². The predicted octanol–water partition coefficient (Wildman–Crippen LogP) is 3.12. The van der Waals surface area contributed by atoms with Crippen molar-refractivity contribution in [3.05, 3.63) is 47.7 Å². The van der Waals surface area contributed by atoms with Gasteiger partial charge in [0.15, 0.2) is 0 Å². The van der Waals surface area contributed by atoms with Crippen LogP contribution >= 0.6 is 0 Å². The third-order valence-electron chi connectivity index (χ3n) is 3.20. The maximum atomic E-state index is 9.26. The lowest BCUT2D eigenvalue weighted by Crippen LogP contribution is -1.84. The summed E-state index contributed by atoms with van der Waals surface area (Å²) in [5.74, 6) is 0. The zero-order valence-electron chi connectivity index (χ0n) is 9.12. The normalized spacial score (nSPS) is 11.4. The zero-order chi connectivity index (χ0) is 11.1. The Bertz CT molecular complexity index is 667. The SMILES string of the molecule is Cc1c(CO)[nH]c2ccc3ccccc3c12. The van der Waals surface area contributed by atoms with E-state index < -0.39 is 0 Å². The topological polar surface area (TPSA) is 36.0 Å². The van der Waals surface area contributed by atoms with E-state index in [1.807, 2.05) is 12.1 Å². The van der Waals surface area contributed by atoms with E-state index in [1.165, 1.54) is 16.2 Å². The molecule has 2 aromatic carbocycles. The number of aromatic nitrogens is 1. The molecule has 0 atom stereocenters. The van der Waals surface area contributed by atoms with Crippen LogP contribution in [0.3, 0.4) is 0 Å². The van der Waals surface area contributed by atoms with E-state index in [0.29, 0.717) is 0 Å². The molecule has 0 aliphatic carbocycles. The van der Waals surface area contributed by atoms with Crippen LogP contribution in [0.5, 0.6) is 0 Å². The van der Waals surface area contributed by atoms with Crippen LogP contribution in [0, 0.1) is 6.92 Å². The number of hydrogen-bond acceptors (Lipinski definition) is 1. The molecule has 0 bridgehead atoms. The van der Waals surface area contributed by atoms with Crippen LogP contribution in [0.15, 0.2) is 36.4 Å². The second-order valence-corrected chi connectivity index (χ2v) is 4.10. The fourth-order valence-corrected chi connectivity index (χ4v) is 2.35. The van der Waals surface area contributed by atoms with E-state index in [-0.39, 0.29) is 6.61 Å². The van der Waals surface area contributed by atoms with Crippen molar-refractivity contribution < 1.29 is 5.11 Å². The quantitative estimate of drug-likeness (QED) is 0.637. The number of hydrogen-bond donors (Lipinski definition) is 2. The maximum absolute atomic E-state index is 9.26. The van der Waals surface area contributed by atoms with E-state index in [1.54, 1.807) is 0 Å². The molecule has 1 heterocycles. The minimum atomic E-state index is 0.0643. The third kappa shape index (κ3) is 1.17. The highest BCUT2D eigenvalue weighted by Gasteiger charge is 2.09. The lowest BCUT2D eigenvalue weighted by molar-refractivity contribution is 0.277. The molecule has 0 saturated heterocycles. The largest absolute Gasteiger partial charge is 0.390 e. The van der Waals surface area contributed by atoms with Crippen LogP contribution in [-0.2, 0) is 6.61 Å². The second kappa shape index (κ2) is 3.35. The van der Waals surface area contributed by atoms with Gasteiger partial charge in [-0.05, 0) is 29.3 Å². The van der Waals surface area contributed by atoms with Gasteiger partial charge in [0, 0.05) is 16.6 Å². The summed E-state index contributed by atoms with van der Waals surface area (Å²) in [5.41, 5.74) is 3.15. The summed E-state index contributed by atoms with van der Waals surface area (Å²) in [4.78, 5) is 3.26. The van der Waals surface area contributed by atoms with Gasteiger partial charge in [-0.3, -0.25) is 0 Å². The molecule has 3 aromatic rings. The number of rotatable bonds is 1. The van der Waals surface area contributed by atoms with Crippen LogP contribution in [0.25, 0.3) is 21.7 Å². The van der Waals surface area contributed by atoms with Crippen LogP contribution in [0.1, 0.15) is 11.3 Å². The fourth-order valence-electron chi connectivity index (χ4n) is 2.35. The number of aliphatic hydroxyl groups excluding tert-OH is 1. The first-order valence-corrected chi connectivity index (χ1v) is 5.41. The van der Waals surface area contributed by atoms with E-state index in [2.05, 4.69) is 36.2 Å². The molecule has 0 aliphatic heterocycles. The lowest BCUT2D eigenvalue weighted by atomic mass is 10.0. The molecule has 2 N–H and O–H groups in total. The highest BCUT2D eigenvalue weighted by Crippen LogP contribution is 2.29. The molecule has 0 aliphatic rings. The number of H-pyrrole nitrogens is 1. The summed E-state index contributed by atoms with van der Waals surface area (Å²) < 4.78 is 0. The smallest absolute Gasteiger partial charge is 0.0833 e. The van der Waals surface area contributed by atoms with Gasteiger partial charge in [-0.15, -0.1) is 0 Å². The molecule has 0 radical (unpaired) electrons. The number of aliphatic hydroxyl groups is 1. The van der Waals surface area contributed by atoms with Crippen molar-refractivity contribution in [3.63, 3.8) is 0 Å². The summed E-state index contributed by atoms with van der Waals surface area (Å²) >= 11 is 0. The number of benzene rings is 2. The van der Waals surface area contributed by atoms with Crippen LogP contribution in [0.4, 0.5) is 0 Å². The van der Waals surface area contributed by atoms with Gasteiger partial charge in [0.2, 0.25) is 0 Å². The van der Waals surface area contributed by atoms with Crippen molar-refractivity contribution in [2.75, 3.05) is 0 Å². The standard InChI is InChI=1S/C14H13NO/c1-9-13(8-16)15-12-7-6-10-4-2-3-5-11(10)14(9)12/h2-7,15-16H,8H2,1H3. The first kappa shape index (κ1) is 9.43. The summed E-state index contributed by atoms with van der Waals surface area (Å²) in [6.45, 7) is 2.12. The second-order valence-electron chi connectivity index (χ2n) is 4.10. The van der Waals surface area contributed by atoms with Gasteiger partial charge in [-0.2, -0.15) is 0 Å². The van der Waals surface area contributed by atoms with Gasteiger partial charge in [0.1, 0.15) is 0 Å². The van der Waals surface area contributed by atoms with Crippen molar-refractivity contribution >= 4 is 21.7 Å². The maximum Gasteiger partial charge on any atom is 0.0833 e. The van der Waals surface area contributed by atoms with Crippen molar-refractivity contribution in [2.24, 2.45) is 0 Å². The molecule has 1 aromatic heterocycles. The fraction of sp³-hybridized carbons (Fsp3) is 0.143. The van der Waals surface area contributed by atoms with Crippen LogP contribution < -0.4 is 0 Å². The van der Waals surface area contributed by atoms with Gasteiger partial charge < -0.3 is 10.1 Å². The molecule has 2 heteroatoms. The average Bonchev–Trinajstić information content (AvgIpc) is 2.66. The first-order chi connectivity index (χ1) is 7.81. The molecule has 0 spiro atoms. The minimum Gasteiger partial charge on any atom is -0.390 e. The first-order valence-electron chi connectivity index (χ1n) is 5.41. The lowest BCUT2D eigenvalue weighted by Gasteiger charge is -2.00. The Morgan fingerprint density at radius 3 is 2.75 bits per heavy atom. The number of aryl methyl sites for hydroxylation is 1. The Hall–Kier alpha value is -1.80. The number of aromatic amines is 1. The number of fused-ring (bicyclic) bond motifs is 3. The Morgan fingerprint density at radius 1 is 1.12 bits per heavy atom. The summed E-state index contributed by atoms with van der Waals surface area (Å²) in [6, 6.07) is 12.5. The monoisotopic (exact) mass is 211 g/mol. The summed E-state index contributed by atoms with van der Waals surface area (Å²) in [5, 5.41) is 13.0. The Labute approximate surface area is 93.5 Å². The van der Waals surface area contributed by atoms with Gasteiger partial charge >= 0.3 is 0 Å². The van der Waals surface area contributed by atoms with Crippen molar-refractivity contribution in [3.8, 4) is 0 Å². The molecule has 16 heavy (non-hydrogen) atoms. The van der Waals surface area contributed by atoms with Crippen molar-refractivity contribution in [2.45, 2.75) is 13.5 Å². The molecule has 0 saturated carbocycles. The predicted molar refractivity (Wildman–Crippen MR) is 66.5 cm³/mol. The zero-order valence-corrected chi connectivity index (χ0v) is 9.12. The Morgan fingerprint density at radius 2 is 1.94 bits per heavy atom. The Balaban J connectivity index is 2.54. The third-order valence-corrected chi connectivity index (χ3v) is 3.20.